The second-order valence-electron chi connectivity index (χ2n) is 6.98. The molecule has 1 aromatic carbocycles. The van der Waals surface area contributed by atoms with E-state index >= 15 is 0 Å². The summed E-state index contributed by atoms with van der Waals surface area (Å²) in [5.74, 6) is 0.959. The van der Waals surface area contributed by atoms with Gasteiger partial charge in [-0.2, -0.15) is 0 Å². The average Bonchev–Trinajstić information content (AvgIpc) is 3.19. The average molecular weight is 275 g/mol. The normalized spacial score (nSPS) is 15.6. The molecule has 1 N–H and O–H groups in total. The molecule has 20 heavy (non-hydrogen) atoms. The lowest BCUT2D eigenvalue weighted by Crippen LogP contribution is -2.37. The van der Waals surface area contributed by atoms with Gasteiger partial charge >= 0.3 is 0 Å². The van der Waals surface area contributed by atoms with E-state index in [0.717, 1.165) is 32.1 Å². The molecule has 0 heterocycles. The quantitative estimate of drug-likeness (QED) is 0.726. The Hall–Kier alpha value is -0.860. The Morgan fingerprint density at radius 3 is 2.50 bits per heavy atom. The molecule has 2 rings (SSSR count). The van der Waals surface area contributed by atoms with Crippen LogP contribution in [-0.2, 0) is 17.8 Å². The van der Waals surface area contributed by atoms with Gasteiger partial charge in [-0.15, -0.1) is 0 Å². The molecule has 0 aromatic heterocycles. The smallest absolute Gasteiger partial charge is 0.0719 e. The molecule has 0 spiro atoms. The highest BCUT2D eigenvalue weighted by molar-refractivity contribution is 5.26. The van der Waals surface area contributed by atoms with Crippen molar-refractivity contribution in [2.45, 2.75) is 58.6 Å². The summed E-state index contributed by atoms with van der Waals surface area (Å²) in [4.78, 5) is 0. The summed E-state index contributed by atoms with van der Waals surface area (Å²) in [6, 6.07) is 8.66. The minimum absolute atomic E-state index is 0.190. The lowest BCUT2D eigenvalue weighted by Gasteiger charge is -2.21. The summed E-state index contributed by atoms with van der Waals surface area (Å²) in [7, 11) is 0. The van der Waals surface area contributed by atoms with E-state index in [1.54, 1.807) is 0 Å². The van der Waals surface area contributed by atoms with E-state index in [1.165, 1.54) is 30.4 Å². The first-order valence-corrected chi connectivity index (χ1v) is 7.94. The molecule has 112 valence electrons. The van der Waals surface area contributed by atoms with Crippen molar-refractivity contribution >= 4 is 0 Å². The highest BCUT2D eigenvalue weighted by Gasteiger charge is 2.20. The summed E-state index contributed by atoms with van der Waals surface area (Å²) in [5, 5.41) is 3.55. The van der Waals surface area contributed by atoms with Crippen LogP contribution in [0.5, 0.6) is 0 Å². The molecular weight excluding hydrogens is 246 g/mol. The van der Waals surface area contributed by atoms with Gasteiger partial charge in [0.1, 0.15) is 0 Å². The van der Waals surface area contributed by atoms with Gasteiger partial charge in [0.2, 0.25) is 0 Å². The number of ether oxygens (including phenoxy) is 1. The number of hydrogen-bond acceptors (Lipinski definition) is 2. The van der Waals surface area contributed by atoms with E-state index in [0.29, 0.717) is 0 Å². The molecule has 1 aromatic rings. The fraction of sp³-hybridized carbons (Fsp3) is 0.667. The van der Waals surface area contributed by atoms with Crippen LogP contribution < -0.4 is 5.32 Å². The van der Waals surface area contributed by atoms with Crippen LogP contribution in [0.15, 0.2) is 24.3 Å². The molecule has 0 unspecified atom stereocenters. The predicted molar refractivity (Wildman–Crippen MR) is 84.9 cm³/mol. The van der Waals surface area contributed by atoms with Crippen LogP contribution in [0, 0.1) is 5.92 Å². The monoisotopic (exact) mass is 275 g/mol. The third-order valence-corrected chi connectivity index (χ3v) is 3.79. The maximum absolute atomic E-state index is 5.84. The van der Waals surface area contributed by atoms with Gasteiger partial charge in [0.05, 0.1) is 6.61 Å². The van der Waals surface area contributed by atoms with E-state index in [9.17, 15) is 0 Å². The van der Waals surface area contributed by atoms with Crippen molar-refractivity contribution in [3.05, 3.63) is 35.4 Å². The van der Waals surface area contributed by atoms with E-state index in [1.807, 2.05) is 0 Å². The Morgan fingerprint density at radius 2 is 1.85 bits per heavy atom. The SMILES string of the molecule is CC(C)(C)NCCc1ccccc1COCCC1CC1. The van der Waals surface area contributed by atoms with Crippen LogP contribution in [0.25, 0.3) is 0 Å². The van der Waals surface area contributed by atoms with Crippen molar-refractivity contribution in [3.8, 4) is 0 Å². The summed E-state index contributed by atoms with van der Waals surface area (Å²) in [6.07, 6.45) is 5.14. The second kappa shape index (κ2) is 7.24. The molecule has 0 bridgehead atoms. The van der Waals surface area contributed by atoms with Gasteiger partial charge in [-0.1, -0.05) is 37.1 Å². The van der Waals surface area contributed by atoms with Crippen LogP contribution in [0.4, 0.5) is 0 Å². The topological polar surface area (TPSA) is 21.3 Å². The first-order valence-electron chi connectivity index (χ1n) is 7.94. The Kier molecular flexibility index (Phi) is 5.62. The molecule has 0 atom stereocenters. The van der Waals surface area contributed by atoms with Crippen molar-refractivity contribution in [1.29, 1.82) is 0 Å². The number of nitrogens with one attached hydrogen (secondary N) is 1. The summed E-state index contributed by atoms with van der Waals surface area (Å²) >= 11 is 0. The lowest BCUT2D eigenvalue weighted by molar-refractivity contribution is 0.114. The zero-order chi connectivity index (χ0) is 14.4. The largest absolute Gasteiger partial charge is 0.377 e. The molecule has 2 nitrogen and oxygen atoms in total. The Labute approximate surface area is 123 Å². The van der Waals surface area contributed by atoms with Crippen LogP contribution in [0.1, 0.15) is 51.2 Å². The minimum atomic E-state index is 0.190. The zero-order valence-electron chi connectivity index (χ0n) is 13.2. The van der Waals surface area contributed by atoms with Crippen molar-refractivity contribution in [2.75, 3.05) is 13.2 Å². The van der Waals surface area contributed by atoms with Crippen LogP contribution in [0.3, 0.4) is 0 Å². The second-order valence-corrected chi connectivity index (χ2v) is 6.98. The molecule has 1 fully saturated rings. The molecule has 1 aliphatic carbocycles. The highest BCUT2D eigenvalue weighted by atomic mass is 16.5. The molecule has 1 aliphatic rings. The molecule has 0 amide bonds. The highest BCUT2D eigenvalue weighted by Crippen LogP contribution is 2.32. The van der Waals surface area contributed by atoms with E-state index in [4.69, 9.17) is 4.74 Å². The molecule has 1 saturated carbocycles. The van der Waals surface area contributed by atoms with Gasteiger partial charge < -0.3 is 10.1 Å². The number of rotatable bonds is 8. The fourth-order valence-corrected chi connectivity index (χ4v) is 2.35. The van der Waals surface area contributed by atoms with E-state index in [-0.39, 0.29) is 5.54 Å². The van der Waals surface area contributed by atoms with Crippen LogP contribution in [0.2, 0.25) is 0 Å². The predicted octanol–water partition coefficient (Wildman–Crippen LogP) is 3.93. The van der Waals surface area contributed by atoms with E-state index in [2.05, 4.69) is 50.4 Å². The Bertz CT molecular complexity index is 404. The standard InChI is InChI=1S/C18H29NO/c1-18(2,3)19-12-10-16-6-4-5-7-17(16)14-20-13-11-15-8-9-15/h4-7,15,19H,8-14H2,1-3H3. The first-order chi connectivity index (χ1) is 9.54. The Morgan fingerprint density at radius 1 is 1.15 bits per heavy atom. The van der Waals surface area contributed by atoms with Gasteiger partial charge in [-0.3, -0.25) is 0 Å². The zero-order valence-corrected chi connectivity index (χ0v) is 13.2. The minimum Gasteiger partial charge on any atom is -0.377 e. The van der Waals surface area contributed by atoms with Crippen LogP contribution >= 0.6 is 0 Å². The summed E-state index contributed by atoms with van der Waals surface area (Å²) in [5.41, 5.74) is 2.95. The number of benzene rings is 1. The van der Waals surface area contributed by atoms with Gasteiger partial charge in [-0.25, -0.2) is 0 Å². The summed E-state index contributed by atoms with van der Waals surface area (Å²) in [6.45, 7) is 9.32. The number of hydrogen-bond donors (Lipinski definition) is 1. The van der Waals surface area contributed by atoms with Gasteiger partial charge in [0.25, 0.3) is 0 Å². The van der Waals surface area contributed by atoms with Crippen molar-refractivity contribution in [3.63, 3.8) is 0 Å². The van der Waals surface area contributed by atoms with Gasteiger partial charge in [0.15, 0.2) is 0 Å². The molecule has 2 heteroatoms. The third kappa shape index (κ3) is 6.06. The lowest BCUT2D eigenvalue weighted by atomic mass is 10.0. The third-order valence-electron chi connectivity index (χ3n) is 3.79. The maximum atomic E-state index is 5.84. The molecular formula is C18H29NO. The summed E-state index contributed by atoms with van der Waals surface area (Å²) < 4.78 is 5.84. The van der Waals surface area contributed by atoms with Crippen molar-refractivity contribution in [1.82, 2.24) is 5.32 Å². The van der Waals surface area contributed by atoms with Crippen molar-refractivity contribution < 1.29 is 4.74 Å². The maximum Gasteiger partial charge on any atom is 0.0719 e. The first kappa shape index (κ1) is 15.5. The fourth-order valence-electron chi connectivity index (χ4n) is 2.35. The van der Waals surface area contributed by atoms with Crippen molar-refractivity contribution in [2.24, 2.45) is 5.92 Å². The molecule has 0 aliphatic heterocycles. The van der Waals surface area contributed by atoms with Gasteiger partial charge in [0, 0.05) is 12.1 Å². The van der Waals surface area contributed by atoms with E-state index < -0.39 is 0 Å². The molecule has 0 saturated heterocycles. The van der Waals surface area contributed by atoms with Gasteiger partial charge in [-0.05, 0) is 57.2 Å². The Balaban J connectivity index is 1.75. The molecule has 0 radical (unpaired) electrons. The van der Waals surface area contributed by atoms with Crippen LogP contribution in [-0.4, -0.2) is 18.7 Å².